The Hall–Kier alpha value is -1.51. The SMILES string of the molecule is CCC(C)(CC)c1nc(NC(C)(C)CC(C)(C)C)nc(N(CN(C2CC(C)(C)NC(C)(C)C2)C(C)(CC)CC)C2CC(C)(C)NC(C)(C)C2)n1. The second kappa shape index (κ2) is 14.7. The molecule has 2 fully saturated rings. The highest BCUT2D eigenvalue weighted by Gasteiger charge is 2.47. The summed E-state index contributed by atoms with van der Waals surface area (Å²) in [5, 5.41) is 11.8. The predicted molar refractivity (Wildman–Crippen MR) is 216 cm³/mol. The van der Waals surface area contributed by atoms with Crippen LogP contribution in [-0.4, -0.2) is 71.8 Å². The fourth-order valence-corrected chi connectivity index (χ4v) is 9.92. The lowest BCUT2D eigenvalue weighted by molar-refractivity contribution is -0.0108. The molecule has 290 valence electrons. The van der Waals surface area contributed by atoms with Gasteiger partial charge in [0.05, 0.1) is 6.67 Å². The summed E-state index contributed by atoms with van der Waals surface area (Å²) in [6.45, 7) is 45.4. The molecule has 2 aliphatic heterocycles. The fraction of sp³-hybridized carbons (Fsp3) is 0.929. The van der Waals surface area contributed by atoms with Crippen molar-refractivity contribution in [2.24, 2.45) is 5.41 Å². The van der Waals surface area contributed by atoms with Crippen LogP contribution in [0.5, 0.6) is 0 Å². The number of hydrogen-bond donors (Lipinski definition) is 3. The van der Waals surface area contributed by atoms with E-state index in [4.69, 9.17) is 15.0 Å². The molecule has 3 N–H and O–H groups in total. The highest BCUT2D eigenvalue weighted by Crippen LogP contribution is 2.40. The largest absolute Gasteiger partial charge is 0.349 e. The molecule has 1 aromatic heterocycles. The number of anilines is 2. The van der Waals surface area contributed by atoms with Crippen molar-refractivity contribution in [1.82, 2.24) is 30.5 Å². The van der Waals surface area contributed by atoms with E-state index in [1.165, 1.54) is 0 Å². The molecule has 0 spiro atoms. The molecule has 2 saturated heterocycles. The van der Waals surface area contributed by atoms with Crippen LogP contribution in [0.3, 0.4) is 0 Å². The second-order valence-electron chi connectivity index (χ2n) is 21.5. The lowest BCUT2D eigenvalue weighted by atomic mass is 9.77. The Bertz CT molecular complexity index is 1230. The molecule has 0 atom stereocenters. The Labute approximate surface area is 309 Å². The molecule has 3 rings (SSSR count). The topological polar surface area (TPSA) is 81.2 Å². The van der Waals surface area contributed by atoms with Crippen molar-refractivity contribution in [3.63, 3.8) is 0 Å². The number of piperidine rings is 2. The molecule has 2 aliphatic rings. The molecule has 0 aromatic carbocycles. The Morgan fingerprint density at radius 1 is 0.640 bits per heavy atom. The van der Waals surface area contributed by atoms with Crippen LogP contribution in [0.25, 0.3) is 0 Å². The van der Waals surface area contributed by atoms with Gasteiger partial charge >= 0.3 is 0 Å². The maximum Gasteiger partial charge on any atom is 0.231 e. The van der Waals surface area contributed by atoms with E-state index in [1.807, 2.05) is 0 Å². The van der Waals surface area contributed by atoms with Crippen LogP contribution in [-0.2, 0) is 5.41 Å². The molecule has 0 unspecified atom stereocenters. The summed E-state index contributed by atoms with van der Waals surface area (Å²) in [6, 6.07) is 0.669. The van der Waals surface area contributed by atoms with Crippen LogP contribution in [0.4, 0.5) is 11.9 Å². The summed E-state index contributed by atoms with van der Waals surface area (Å²) in [4.78, 5) is 21.7. The van der Waals surface area contributed by atoms with Gasteiger partial charge in [0.15, 0.2) is 0 Å². The first-order chi connectivity index (χ1) is 22.5. The van der Waals surface area contributed by atoms with Gasteiger partial charge in [-0.15, -0.1) is 0 Å². The minimum Gasteiger partial charge on any atom is -0.349 e. The van der Waals surface area contributed by atoms with Gasteiger partial charge in [-0.3, -0.25) is 4.90 Å². The van der Waals surface area contributed by atoms with E-state index in [0.717, 1.165) is 76.2 Å². The molecule has 1 aromatic rings. The first-order valence-corrected chi connectivity index (χ1v) is 20.2. The van der Waals surface area contributed by atoms with E-state index in [1.54, 1.807) is 0 Å². The lowest BCUT2D eigenvalue weighted by Gasteiger charge is -2.56. The molecular weight excluding hydrogens is 617 g/mol. The van der Waals surface area contributed by atoms with Gasteiger partial charge in [0.1, 0.15) is 5.82 Å². The summed E-state index contributed by atoms with van der Waals surface area (Å²) < 4.78 is 0. The monoisotopic (exact) mass is 699 g/mol. The molecule has 0 saturated carbocycles. The maximum absolute atomic E-state index is 5.52. The quantitative estimate of drug-likeness (QED) is 0.166. The fourth-order valence-electron chi connectivity index (χ4n) is 9.92. The maximum atomic E-state index is 5.52. The van der Waals surface area contributed by atoms with Crippen LogP contribution in [0.1, 0.15) is 195 Å². The molecule has 50 heavy (non-hydrogen) atoms. The minimum absolute atomic E-state index is 0.0252. The predicted octanol–water partition coefficient (Wildman–Crippen LogP) is 9.84. The summed E-state index contributed by atoms with van der Waals surface area (Å²) in [6.07, 6.45) is 9.35. The molecule has 3 heterocycles. The van der Waals surface area contributed by atoms with Crippen LogP contribution >= 0.6 is 0 Å². The Morgan fingerprint density at radius 2 is 1.08 bits per heavy atom. The number of aromatic nitrogens is 3. The third-order valence-corrected chi connectivity index (χ3v) is 12.1. The second-order valence-corrected chi connectivity index (χ2v) is 21.5. The van der Waals surface area contributed by atoms with Crippen molar-refractivity contribution in [3.8, 4) is 0 Å². The zero-order valence-electron chi connectivity index (χ0n) is 36.5. The van der Waals surface area contributed by atoms with Crippen molar-refractivity contribution in [3.05, 3.63) is 5.82 Å². The third-order valence-electron chi connectivity index (χ3n) is 12.1. The lowest BCUT2D eigenvalue weighted by Crippen LogP contribution is -2.68. The first-order valence-electron chi connectivity index (χ1n) is 20.2. The van der Waals surface area contributed by atoms with Gasteiger partial charge in [0.25, 0.3) is 0 Å². The third kappa shape index (κ3) is 11.0. The summed E-state index contributed by atoms with van der Waals surface area (Å²) in [7, 11) is 0. The van der Waals surface area contributed by atoms with E-state index >= 15 is 0 Å². The Morgan fingerprint density at radius 3 is 1.48 bits per heavy atom. The van der Waals surface area contributed by atoms with Crippen molar-refractivity contribution in [1.29, 1.82) is 0 Å². The van der Waals surface area contributed by atoms with Gasteiger partial charge in [-0.2, -0.15) is 15.0 Å². The van der Waals surface area contributed by atoms with E-state index in [-0.39, 0.29) is 50.1 Å². The average molecular weight is 699 g/mol. The Balaban J connectivity index is 2.32. The van der Waals surface area contributed by atoms with Crippen molar-refractivity contribution in [2.45, 2.75) is 240 Å². The smallest absolute Gasteiger partial charge is 0.231 e. The van der Waals surface area contributed by atoms with Crippen LogP contribution in [0.2, 0.25) is 0 Å². The van der Waals surface area contributed by atoms with Gasteiger partial charge < -0.3 is 20.9 Å². The van der Waals surface area contributed by atoms with E-state index in [0.29, 0.717) is 12.0 Å². The van der Waals surface area contributed by atoms with Crippen molar-refractivity contribution in [2.75, 3.05) is 16.9 Å². The zero-order valence-corrected chi connectivity index (χ0v) is 36.5. The molecule has 0 aliphatic carbocycles. The molecule has 0 amide bonds. The van der Waals surface area contributed by atoms with E-state index in [2.05, 4.69) is 157 Å². The molecule has 0 radical (unpaired) electrons. The molecule has 8 heteroatoms. The van der Waals surface area contributed by atoms with Crippen molar-refractivity contribution < 1.29 is 0 Å². The Kier molecular flexibility index (Phi) is 12.6. The van der Waals surface area contributed by atoms with Gasteiger partial charge in [-0.25, -0.2) is 0 Å². The van der Waals surface area contributed by atoms with Crippen LogP contribution in [0, 0.1) is 5.41 Å². The van der Waals surface area contributed by atoms with Crippen LogP contribution in [0.15, 0.2) is 0 Å². The van der Waals surface area contributed by atoms with E-state index in [9.17, 15) is 0 Å². The van der Waals surface area contributed by atoms with Gasteiger partial charge in [0.2, 0.25) is 11.9 Å². The summed E-state index contributed by atoms with van der Waals surface area (Å²) >= 11 is 0. The van der Waals surface area contributed by atoms with Crippen LogP contribution < -0.4 is 20.9 Å². The minimum atomic E-state index is -0.187. The van der Waals surface area contributed by atoms with Gasteiger partial charge in [-0.05, 0) is 139 Å². The standard InChI is InChI=1S/C42H82N8/c1-20-41(18,21-2)32-43-33(46-40(16,17)28-35(5,6)7)45-34(44-32)49(30-24-36(8,9)47-37(10,11)25-30)29-50(42(19,22-3)23-4)31-26-38(12,13)48-39(14,15)27-31/h30-31,47-48H,20-29H2,1-19H3,(H,43,44,45,46). The number of rotatable bonds is 14. The molecular formula is C42H82N8. The zero-order chi connectivity index (χ0) is 38.4. The molecule has 0 bridgehead atoms. The van der Waals surface area contributed by atoms with Gasteiger partial charge in [0, 0.05) is 50.7 Å². The number of hydrogen-bond acceptors (Lipinski definition) is 8. The number of nitrogens with zero attached hydrogens (tertiary/aromatic N) is 5. The summed E-state index contributed by atoms with van der Waals surface area (Å²) in [5.41, 5.74) is -0.125. The van der Waals surface area contributed by atoms with E-state index < -0.39 is 0 Å². The highest BCUT2D eigenvalue weighted by atomic mass is 15.4. The normalized spacial score (nSPS) is 21.8. The summed E-state index contributed by atoms with van der Waals surface area (Å²) in [5.74, 6) is 2.43. The first kappa shape index (κ1) is 42.9. The molecule has 8 nitrogen and oxygen atoms in total. The van der Waals surface area contributed by atoms with Crippen molar-refractivity contribution >= 4 is 11.9 Å². The average Bonchev–Trinajstić information content (AvgIpc) is 2.91. The van der Waals surface area contributed by atoms with Gasteiger partial charge in [-0.1, -0.05) is 55.4 Å². The number of nitrogens with one attached hydrogen (secondary N) is 3. The highest BCUT2D eigenvalue weighted by molar-refractivity contribution is 5.42.